The summed E-state index contributed by atoms with van der Waals surface area (Å²) in [6.45, 7) is 0.563. The van der Waals surface area contributed by atoms with E-state index in [0.29, 0.717) is 18.6 Å². The van der Waals surface area contributed by atoms with Crippen molar-refractivity contribution in [2.75, 3.05) is 6.61 Å². The minimum absolute atomic E-state index is 0.213. The molecule has 3 heteroatoms. The second-order valence-electron chi connectivity index (χ2n) is 2.73. The van der Waals surface area contributed by atoms with Crippen LogP contribution in [0, 0.1) is 18.2 Å². The van der Waals surface area contributed by atoms with E-state index in [1.165, 1.54) is 6.07 Å². The standard InChI is InChI=1S/C11H12FNO/c1-2-3-7-14-11-9(8-13)5-4-6-10(11)12/h1,4-6H,3,7-8,13H2. The van der Waals surface area contributed by atoms with Crippen LogP contribution in [0.5, 0.6) is 5.75 Å². The summed E-state index contributed by atoms with van der Waals surface area (Å²) in [5, 5.41) is 0. The van der Waals surface area contributed by atoms with Gasteiger partial charge in [-0.1, -0.05) is 12.1 Å². The molecule has 0 bridgehead atoms. The van der Waals surface area contributed by atoms with Crippen molar-refractivity contribution in [3.8, 4) is 18.1 Å². The summed E-state index contributed by atoms with van der Waals surface area (Å²) in [7, 11) is 0. The van der Waals surface area contributed by atoms with Crippen molar-refractivity contribution >= 4 is 0 Å². The van der Waals surface area contributed by atoms with Gasteiger partial charge >= 0.3 is 0 Å². The fourth-order valence-corrected chi connectivity index (χ4v) is 1.09. The lowest BCUT2D eigenvalue weighted by Gasteiger charge is -2.09. The third-order valence-corrected chi connectivity index (χ3v) is 1.76. The molecule has 1 rings (SSSR count). The molecule has 74 valence electrons. The Balaban J connectivity index is 2.78. The Hall–Kier alpha value is -1.53. The topological polar surface area (TPSA) is 35.2 Å². The molecule has 0 spiro atoms. The Kier molecular flexibility index (Phi) is 3.96. The van der Waals surface area contributed by atoms with Gasteiger partial charge in [-0.2, -0.15) is 0 Å². The second kappa shape index (κ2) is 5.25. The van der Waals surface area contributed by atoms with Crippen LogP contribution in [-0.2, 0) is 6.54 Å². The fraction of sp³-hybridized carbons (Fsp3) is 0.273. The molecule has 0 atom stereocenters. The maximum Gasteiger partial charge on any atom is 0.165 e. The zero-order valence-electron chi connectivity index (χ0n) is 7.79. The highest BCUT2D eigenvalue weighted by atomic mass is 19.1. The number of hydrogen-bond donors (Lipinski definition) is 1. The van der Waals surface area contributed by atoms with Crippen molar-refractivity contribution in [2.45, 2.75) is 13.0 Å². The van der Waals surface area contributed by atoms with Crippen molar-refractivity contribution in [2.24, 2.45) is 5.73 Å². The first kappa shape index (κ1) is 10.6. The van der Waals surface area contributed by atoms with E-state index in [2.05, 4.69) is 5.92 Å². The lowest BCUT2D eigenvalue weighted by atomic mass is 10.2. The summed E-state index contributed by atoms with van der Waals surface area (Å²) >= 11 is 0. The second-order valence-corrected chi connectivity index (χ2v) is 2.73. The lowest BCUT2D eigenvalue weighted by Crippen LogP contribution is -2.05. The van der Waals surface area contributed by atoms with Crippen LogP contribution in [-0.4, -0.2) is 6.61 Å². The Morgan fingerprint density at radius 3 is 2.93 bits per heavy atom. The summed E-state index contributed by atoms with van der Waals surface area (Å²) in [6, 6.07) is 4.67. The van der Waals surface area contributed by atoms with E-state index in [9.17, 15) is 4.39 Å². The first-order chi connectivity index (χ1) is 6.79. The molecule has 0 fully saturated rings. The van der Waals surface area contributed by atoms with Gasteiger partial charge in [0.25, 0.3) is 0 Å². The van der Waals surface area contributed by atoms with E-state index in [4.69, 9.17) is 16.9 Å². The molecule has 0 heterocycles. The molecule has 0 aliphatic rings. The van der Waals surface area contributed by atoms with Crippen LogP contribution >= 0.6 is 0 Å². The molecule has 0 amide bonds. The highest BCUT2D eigenvalue weighted by Gasteiger charge is 2.07. The number of halogens is 1. The first-order valence-corrected chi connectivity index (χ1v) is 4.33. The molecule has 0 aromatic heterocycles. The Bertz CT molecular complexity index is 344. The fourth-order valence-electron chi connectivity index (χ4n) is 1.09. The number of benzene rings is 1. The van der Waals surface area contributed by atoms with Gasteiger partial charge < -0.3 is 10.5 Å². The van der Waals surface area contributed by atoms with Gasteiger partial charge in [-0.3, -0.25) is 0 Å². The van der Waals surface area contributed by atoms with Gasteiger partial charge in [0.15, 0.2) is 11.6 Å². The molecular formula is C11H12FNO. The summed E-state index contributed by atoms with van der Waals surface area (Å²) in [4.78, 5) is 0. The van der Waals surface area contributed by atoms with E-state index in [0.717, 1.165) is 0 Å². The highest BCUT2D eigenvalue weighted by Crippen LogP contribution is 2.22. The molecule has 2 nitrogen and oxygen atoms in total. The quantitative estimate of drug-likeness (QED) is 0.583. The van der Waals surface area contributed by atoms with Crippen LogP contribution in [0.2, 0.25) is 0 Å². The van der Waals surface area contributed by atoms with Crippen molar-refractivity contribution in [1.82, 2.24) is 0 Å². The predicted octanol–water partition coefficient (Wildman–Crippen LogP) is 1.69. The molecule has 1 aromatic rings. The van der Waals surface area contributed by atoms with Gasteiger partial charge in [0.05, 0.1) is 6.61 Å². The zero-order chi connectivity index (χ0) is 10.4. The van der Waals surface area contributed by atoms with Gasteiger partial charge in [-0.25, -0.2) is 4.39 Å². The van der Waals surface area contributed by atoms with E-state index in [-0.39, 0.29) is 12.3 Å². The van der Waals surface area contributed by atoms with Gasteiger partial charge in [0.1, 0.15) is 0 Å². The molecule has 0 saturated carbocycles. The molecule has 0 unspecified atom stereocenters. The van der Waals surface area contributed by atoms with Crippen LogP contribution in [0.15, 0.2) is 18.2 Å². The van der Waals surface area contributed by atoms with E-state index in [1.54, 1.807) is 12.1 Å². The van der Waals surface area contributed by atoms with E-state index in [1.807, 2.05) is 0 Å². The van der Waals surface area contributed by atoms with Crippen molar-refractivity contribution in [3.05, 3.63) is 29.6 Å². The van der Waals surface area contributed by atoms with Gasteiger partial charge in [0.2, 0.25) is 0 Å². The number of terminal acetylenes is 1. The third kappa shape index (κ3) is 2.48. The maximum atomic E-state index is 13.2. The zero-order valence-corrected chi connectivity index (χ0v) is 7.79. The largest absolute Gasteiger partial charge is 0.489 e. The van der Waals surface area contributed by atoms with Gasteiger partial charge in [-0.15, -0.1) is 12.3 Å². The monoisotopic (exact) mass is 193 g/mol. The first-order valence-electron chi connectivity index (χ1n) is 4.33. The SMILES string of the molecule is C#CCCOc1c(F)cccc1CN. The molecule has 1 aromatic carbocycles. The van der Waals surface area contributed by atoms with Crippen molar-refractivity contribution in [1.29, 1.82) is 0 Å². The molecule has 0 radical (unpaired) electrons. The van der Waals surface area contributed by atoms with Crippen molar-refractivity contribution in [3.63, 3.8) is 0 Å². The molecule has 0 aliphatic heterocycles. The number of nitrogens with two attached hydrogens (primary N) is 1. The minimum atomic E-state index is -0.398. The molecule has 0 aliphatic carbocycles. The Labute approximate surface area is 82.9 Å². The summed E-state index contributed by atoms with van der Waals surface area (Å²) in [6.07, 6.45) is 5.51. The molecule has 2 N–H and O–H groups in total. The Morgan fingerprint density at radius 1 is 1.50 bits per heavy atom. The highest BCUT2D eigenvalue weighted by molar-refractivity contribution is 5.34. The number of rotatable bonds is 4. The minimum Gasteiger partial charge on any atom is -0.489 e. The average molecular weight is 193 g/mol. The van der Waals surface area contributed by atoms with Crippen LogP contribution < -0.4 is 10.5 Å². The molecular weight excluding hydrogens is 181 g/mol. The number of ether oxygens (including phenoxy) is 1. The molecule has 14 heavy (non-hydrogen) atoms. The van der Waals surface area contributed by atoms with Gasteiger partial charge in [0, 0.05) is 18.5 Å². The average Bonchev–Trinajstić information content (AvgIpc) is 2.20. The van der Waals surface area contributed by atoms with Crippen LogP contribution in [0.1, 0.15) is 12.0 Å². The van der Waals surface area contributed by atoms with E-state index < -0.39 is 5.82 Å². The van der Waals surface area contributed by atoms with Gasteiger partial charge in [-0.05, 0) is 6.07 Å². The number of hydrogen-bond acceptors (Lipinski definition) is 2. The third-order valence-electron chi connectivity index (χ3n) is 1.76. The number of para-hydroxylation sites is 1. The lowest BCUT2D eigenvalue weighted by molar-refractivity contribution is 0.306. The molecule has 0 saturated heterocycles. The summed E-state index contributed by atoms with van der Waals surface area (Å²) in [5.41, 5.74) is 6.09. The van der Waals surface area contributed by atoms with E-state index >= 15 is 0 Å². The summed E-state index contributed by atoms with van der Waals surface area (Å²) < 4.78 is 18.4. The van der Waals surface area contributed by atoms with Crippen LogP contribution in [0.4, 0.5) is 4.39 Å². The van der Waals surface area contributed by atoms with Crippen LogP contribution in [0.25, 0.3) is 0 Å². The predicted molar refractivity (Wildman–Crippen MR) is 53.2 cm³/mol. The maximum absolute atomic E-state index is 13.2. The summed E-state index contributed by atoms with van der Waals surface area (Å²) in [5.74, 6) is 2.23. The Morgan fingerprint density at radius 2 is 2.29 bits per heavy atom. The van der Waals surface area contributed by atoms with Crippen LogP contribution in [0.3, 0.4) is 0 Å². The van der Waals surface area contributed by atoms with Crippen molar-refractivity contribution < 1.29 is 9.13 Å². The normalized spacial score (nSPS) is 9.50. The smallest absolute Gasteiger partial charge is 0.165 e.